The third-order valence-electron chi connectivity index (χ3n) is 8.73. The molecule has 0 radical (unpaired) electrons. The highest BCUT2D eigenvalue weighted by Crippen LogP contribution is 2.57. The number of benzene rings is 1. The zero-order valence-corrected chi connectivity index (χ0v) is 25.8. The number of hydrogen-bond acceptors (Lipinski definition) is 6. The fraction of sp³-hybridized carbons (Fsp3) is 0.697. The average Bonchev–Trinajstić information content (AvgIpc) is 2.87. The lowest BCUT2D eigenvalue weighted by Gasteiger charge is -2.55. The lowest BCUT2D eigenvalue weighted by atomic mass is 9.63. The first kappa shape index (κ1) is 31.2. The quantitative estimate of drug-likeness (QED) is 0.245. The van der Waals surface area contributed by atoms with Crippen LogP contribution >= 0.6 is 0 Å². The molecule has 2 saturated heterocycles. The van der Waals surface area contributed by atoms with Gasteiger partial charge in [-0.2, -0.15) is 0 Å². The molecular formula is C33H49NO7. The van der Waals surface area contributed by atoms with Crippen molar-refractivity contribution in [3.63, 3.8) is 0 Å². The number of unbranched alkanes of at least 4 members (excludes halogenated alkanes) is 1. The summed E-state index contributed by atoms with van der Waals surface area (Å²) in [5.74, 6) is 0.942. The van der Waals surface area contributed by atoms with Gasteiger partial charge in [0.2, 0.25) is 0 Å². The van der Waals surface area contributed by atoms with Crippen molar-refractivity contribution in [3.05, 3.63) is 35.4 Å². The molecule has 0 saturated carbocycles. The van der Waals surface area contributed by atoms with Crippen LogP contribution in [0.5, 0.6) is 11.5 Å². The van der Waals surface area contributed by atoms with Crippen LogP contribution < -0.4 is 9.47 Å². The van der Waals surface area contributed by atoms with Crippen molar-refractivity contribution in [2.45, 2.75) is 110 Å². The van der Waals surface area contributed by atoms with Crippen LogP contribution in [0.15, 0.2) is 29.8 Å². The van der Waals surface area contributed by atoms with Gasteiger partial charge in [-0.25, -0.2) is 4.79 Å². The van der Waals surface area contributed by atoms with Gasteiger partial charge < -0.3 is 29.0 Å². The summed E-state index contributed by atoms with van der Waals surface area (Å²) in [5, 5.41) is 8.86. The second kappa shape index (κ2) is 12.6. The normalized spacial score (nSPS) is 25.0. The Hall–Kier alpha value is -2.74. The Morgan fingerprint density at radius 3 is 2.56 bits per heavy atom. The van der Waals surface area contributed by atoms with E-state index in [-0.39, 0.29) is 30.0 Å². The molecular weight excluding hydrogens is 522 g/mol. The van der Waals surface area contributed by atoms with Crippen LogP contribution in [-0.2, 0) is 14.3 Å². The maximum Gasteiger partial charge on any atom is 0.410 e. The molecule has 4 rings (SSSR count). The minimum Gasteiger partial charge on any atom is -0.493 e. The van der Waals surface area contributed by atoms with Gasteiger partial charge in [-0.15, -0.1) is 0 Å². The number of nitrogens with zero attached hydrogens (tertiary/aromatic N) is 1. The predicted molar refractivity (Wildman–Crippen MR) is 157 cm³/mol. The zero-order chi connectivity index (χ0) is 29.8. The number of piperidine rings is 1. The van der Waals surface area contributed by atoms with Crippen molar-refractivity contribution in [1.29, 1.82) is 0 Å². The van der Waals surface area contributed by atoms with E-state index in [4.69, 9.17) is 24.1 Å². The third kappa shape index (κ3) is 7.97. The van der Waals surface area contributed by atoms with Crippen LogP contribution in [0.25, 0.3) is 0 Å². The third-order valence-corrected chi connectivity index (χ3v) is 8.73. The molecule has 3 aliphatic rings. The summed E-state index contributed by atoms with van der Waals surface area (Å²) in [6.07, 6.45) is 7.99. The Morgan fingerprint density at radius 1 is 1.17 bits per heavy atom. The van der Waals surface area contributed by atoms with Crippen molar-refractivity contribution in [3.8, 4) is 11.5 Å². The van der Waals surface area contributed by atoms with Crippen LogP contribution in [0.3, 0.4) is 0 Å². The summed E-state index contributed by atoms with van der Waals surface area (Å²) in [5.41, 5.74) is 1.45. The summed E-state index contributed by atoms with van der Waals surface area (Å²) in [7, 11) is 0. The number of likely N-dealkylation sites (tertiary alicyclic amines) is 1. The Bertz CT molecular complexity index is 1110. The molecule has 1 amide bonds. The minimum absolute atomic E-state index is 0.0112. The van der Waals surface area contributed by atoms with E-state index in [0.29, 0.717) is 39.1 Å². The molecule has 2 fully saturated rings. The summed E-state index contributed by atoms with van der Waals surface area (Å²) in [6, 6.07) is 6.00. The molecule has 0 bridgehead atoms. The van der Waals surface area contributed by atoms with Gasteiger partial charge >= 0.3 is 12.1 Å². The van der Waals surface area contributed by atoms with Gasteiger partial charge in [-0.3, -0.25) is 4.79 Å². The number of carbonyl (C=O) groups is 2. The number of amides is 1. The largest absolute Gasteiger partial charge is 0.493 e. The minimum atomic E-state index is -0.781. The van der Waals surface area contributed by atoms with E-state index >= 15 is 0 Å². The van der Waals surface area contributed by atoms with Crippen molar-refractivity contribution < 1.29 is 33.6 Å². The molecule has 1 aromatic rings. The average molecular weight is 572 g/mol. The van der Waals surface area contributed by atoms with Crippen molar-refractivity contribution in [2.75, 3.05) is 26.3 Å². The van der Waals surface area contributed by atoms with E-state index in [0.717, 1.165) is 49.2 Å². The smallest absolute Gasteiger partial charge is 0.410 e. The number of carboxylic acid groups (broad SMARTS) is 1. The van der Waals surface area contributed by atoms with E-state index in [1.165, 1.54) is 5.57 Å². The molecule has 3 heterocycles. The highest BCUT2D eigenvalue weighted by atomic mass is 16.6. The maximum absolute atomic E-state index is 12.7. The van der Waals surface area contributed by atoms with Crippen molar-refractivity contribution in [2.24, 2.45) is 11.3 Å². The van der Waals surface area contributed by atoms with Gasteiger partial charge in [0.1, 0.15) is 22.7 Å². The van der Waals surface area contributed by atoms with E-state index in [2.05, 4.69) is 32.9 Å². The van der Waals surface area contributed by atoms with E-state index in [1.54, 1.807) is 0 Å². The first-order valence-corrected chi connectivity index (χ1v) is 15.2. The van der Waals surface area contributed by atoms with E-state index in [9.17, 15) is 9.59 Å². The van der Waals surface area contributed by atoms with Crippen molar-refractivity contribution >= 4 is 12.1 Å². The summed E-state index contributed by atoms with van der Waals surface area (Å²) in [4.78, 5) is 25.3. The van der Waals surface area contributed by atoms with E-state index < -0.39 is 17.2 Å². The van der Waals surface area contributed by atoms with Crippen molar-refractivity contribution in [1.82, 2.24) is 4.90 Å². The van der Waals surface area contributed by atoms with Crippen LogP contribution in [-0.4, -0.2) is 59.6 Å². The zero-order valence-electron chi connectivity index (χ0n) is 25.8. The predicted octanol–water partition coefficient (Wildman–Crippen LogP) is 7.31. The topological polar surface area (TPSA) is 94.5 Å². The van der Waals surface area contributed by atoms with Crippen LogP contribution in [0.4, 0.5) is 4.79 Å². The first-order valence-electron chi connectivity index (χ1n) is 15.2. The highest BCUT2D eigenvalue weighted by Gasteiger charge is 2.54. The molecule has 228 valence electrons. The molecule has 41 heavy (non-hydrogen) atoms. The summed E-state index contributed by atoms with van der Waals surface area (Å²) >= 11 is 0. The SMILES string of the molecule is CC(C)=CCC[C@@]1(C)Oc2cc(OCCCCC(=O)O)ccc2[C@H]2OCC3(CCN(C(=O)OC(C)(C)C)CC3)C[C@@H]21. The molecule has 3 atom stereocenters. The number of fused-ring (bicyclic) bond motifs is 3. The maximum atomic E-state index is 12.7. The lowest BCUT2D eigenvalue weighted by molar-refractivity contribution is -0.179. The molecule has 1 aromatic carbocycles. The number of aliphatic carboxylic acids is 1. The number of carboxylic acids is 1. The summed E-state index contributed by atoms with van der Waals surface area (Å²) < 4.78 is 25.2. The van der Waals surface area contributed by atoms with Gasteiger partial charge in [0.05, 0.1) is 19.3 Å². The second-order valence-electron chi connectivity index (χ2n) is 13.6. The molecule has 8 nitrogen and oxygen atoms in total. The molecule has 3 aliphatic heterocycles. The van der Waals surface area contributed by atoms with E-state index in [1.807, 2.05) is 37.8 Å². The van der Waals surface area contributed by atoms with Gasteiger partial charge in [0, 0.05) is 37.1 Å². The first-order chi connectivity index (χ1) is 19.3. The molecule has 1 N–H and O–H groups in total. The number of ether oxygens (including phenoxy) is 4. The number of allylic oxidation sites excluding steroid dienone is 2. The number of rotatable bonds is 9. The second-order valence-corrected chi connectivity index (χ2v) is 13.6. The Labute approximate surface area is 245 Å². The Balaban J connectivity index is 1.49. The monoisotopic (exact) mass is 571 g/mol. The van der Waals surface area contributed by atoms with Gasteiger partial charge in [0.15, 0.2) is 0 Å². The standard InChI is InChI=1S/C33H49NO7/c1-23(2)10-9-14-32(6)26-21-33(15-17-34(18-16-33)30(37)41-31(3,4)5)22-39-29(26)25-13-12-24(20-27(25)40-32)38-19-8-7-11-28(35)36/h10,12-13,20,26,29H,7-9,11,14-19,21-22H2,1-6H3,(H,35,36)/t26-,29+,32+/m0/s1. The van der Waals surface area contributed by atoms with Crippen LogP contribution in [0.2, 0.25) is 0 Å². The fourth-order valence-electron chi connectivity index (χ4n) is 6.40. The highest BCUT2D eigenvalue weighted by molar-refractivity contribution is 5.68. The number of hydrogen-bond donors (Lipinski definition) is 1. The van der Waals surface area contributed by atoms with Gasteiger partial charge in [-0.1, -0.05) is 11.6 Å². The van der Waals surface area contributed by atoms with Crippen LogP contribution in [0, 0.1) is 11.3 Å². The molecule has 0 unspecified atom stereocenters. The molecule has 8 heteroatoms. The Kier molecular flexibility index (Phi) is 9.62. The Morgan fingerprint density at radius 2 is 1.90 bits per heavy atom. The molecule has 0 aliphatic carbocycles. The molecule has 0 aromatic heterocycles. The number of carbonyl (C=O) groups excluding carboxylic acids is 1. The van der Waals surface area contributed by atoms with Gasteiger partial charge in [-0.05, 0) is 104 Å². The fourth-order valence-corrected chi connectivity index (χ4v) is 6.40. The lowest BCUT2D eigenvalue weighted by Crippen LogP contribution is -2.56. The molecule has 1 spiro atoms. The summed E-state index contributed by atoms with van der Waals surface area (Å²) in [6.45, 7) is 14.7. The van der Waals surface area contributed by atoms with Crippen LogP contribution in [0.1, 0.15) is 105 Å². The van der Waals surface area contributed by atoms with Gasteiger partial charge in [0.25, 0.3) is 0 Å².